The molecule has 1 heterocycles. The second-order valence-electron chi connectivity index (χ2n) is 4.25. The average molecular weight is 364 g/mol. The predicted octanol–water partition coefficient (Wildman–Crippen LogP) is 2.46. The van der Waals surface area contributed by atoms with Gasteiger partial charge in [-0.15, -0.1) is 11.3 Å². The lowest BCUT2D eigenvalue weighted by molar-refractivity contribution is -0.120. The van der Waals surface area contributed by atoms with Gasteiger partial charge in [0.05, 0.1) is 2.88 Å². The van der Waals surface area contributed by atoms with E-state index in [0.29, 0.717) is 12.5 Å². The molecule has 1 amide bonds. The van der Waals surface area contributed by atoms with Crippen molar-refractivity contribution in [2.45, 2.75) is 31.7 Å². The molecule has 1 aromatic rings. The zero-order chi connectivity index (χ0) is 12.3. The molecule has 1 aromatic heterocycles. The number of hydrogen-bond donors (Lipinski definition) is 2. The molecule has 0 saturated carbocycles. The van der Waals surface area contributed by atoms with Crippen LogP contribution >= 0.6 is 33.9 Å². The molecule has 0 spiro atoms. The van der Waals surface area contributed by atoms with Crippen LogP contribution in [0.2, 0.25) is 0 Å². The Balaban J connectivity index is 1.92. The summed E-state index contributed by atoms with van der Waals surface area (Å²) in [6, 6.07) is 2.74. The Morgan fingerprint density at radius 1 is 1.65 bits per heavy atom. The minimum Gasteiger partial charge on any atom is -0.359 e. The third-order valence-electron chi connectivity index (χ3n) is 3.11. The summed E-state index contributed by atoms with van der Waals surface area (Å²) in [6.45, 7) is 0.760. The molecule has 0 bridgehead atoms. The molecule has 94 valence electrons. The van der Waals surface area contributed by atoms with E-state index < -0.39 is 0 Å². The Morgan fingerprint density at radius 2 is 2.47 bits per heavy atom. The number of halogens is 1. The normalized spacial score (nSPS) is 18.8. The van der Waals surface area contributed by atoms with Crippen molar-refractivity contribution in [3.05, 3.63) is 19.4 Å². The largest absolute Gasteiger partial charge is 0.359 e. The van der Waals surface area contributed by atoms with Gasteiger partial charge in [-0.05, 0) is 53.5 Å². The van der Waals surface area contributed by atoms with Gasteiger partial charge in [-0.1, -0.05) is 0 Å². The quantitative estimate of drug-likeness (QED) is 0.806. The van der Waals surface area contributed by atoms with E-state index in [2.05, 4.69) is 39.3 Å². The minimum atomic E-state index is 0.105. The van der Waals surface area contributed by atoms with Crippen LogP contribution in [0.3, 0.4) is 0 Å². The van der Waals surface area contributed by atoms with Gasteiger partial charge in [0.15, 0.2) is 0 Å². The first-order valence-corrected chi connectivity index (χ1v) is 7.82. The lowest BCUT2D eigenvalue weighted by atomic mass is 9.94. The number of fused-ring (bicyclic) bond motifs is 1. The summed E-state index contributed by atoms with van der Waals surface area (Å²) in [5.41, 5.74) is 1.46. The summed E-state index contributed by atoms with van der Waals surface area (Å²) in [5, 5.41) is 6.15. The standard InChI is InChI=1S/C12H17IN2OS/c1-14-12(16)5-6-15-9-3-2-4-10-8(9)7-11(13)17-10/h7,9,15H,2-6H2,1H3,(H,14,16). The molecule has 1 atom stereocenters. The smallest absolute Gasteiger partial charge is 0.221 e. The summed E-state index contributed by atoms with van der Waals surface area (Å²) in [4.78, 5) is 12.7. The molecule has 2 N–H and O–H groups in total. The molecule has 2 rings (SSSR count). The zero-order valence-electron chi connectivity index (χ0n) is 9.88. The van der Waals surface area contributed by atoms with E-state index in [-0.39, 0.29) is 5.91 Å². The van der Waals surface area contributed by atoms with Crippen LogP contribution in [-0.4, -0.2) is 19.5 Å². The summed E-state index contributed by atoms with van der Waals surface area (Å²) in [5.74, 6) is 0.105. The Hall–Kier alpha value is -0.140. The maximum atomic E-state index is 11.2. The Bertz CT molecular complexity index is 405. The Morgan fingerprint density at radius 3 is 3.24 bits per heavy atom. The molecule has 0 fully saturated rings. The number of rotatable bonds is 4. The van der Waals surface area contributed by atoms with Crippen molar-refractivity contribution < 1.29 is 4.79 Å². The van der Waals surface area contributed by atoms with Crippen LogP contribution in [0.25, 0.3) is 0 Å². The zero-order valence-corrected chi connectivity index (χ0v) is 12.9. The Labute approximate surface area is 120 Å². The Kier molecular flexibility index (Phi) is 4.81. The highest BCUT2D eigenvalue weighted by Gasteiger charge is 2.22. The molecule has 17 heavy (non-hydrogen) atoms. The second-order valence-corrected chi connectivity index (χ2v) is 7.28. The number of thiophene rings is 1. The van der Waals surface area contributed by atoms with Gasteiger partial charge < -0.3 is 10.6 Å². The molecule has 0 aromatic carbocycles. The number of amides is 1. The van der Waals surface area contributed by atoms with Gasteiger partial charge in [0.1, 0.15) is 0 Å². The number of carbonyl (C=O) groups is 1. The average Bonchev–Trinajstić information content (AvgIpc) is 2.70. The third-order valence-corrected chi connectivity index (χ3v) is 5.08. The summed E-state index contributed by atoms with van der Waals surface area (Å²) in [6.07, 6.45) is 4.22. The van der Waals surface area contributed by atoms with Crippen molar-refractivity contribution in [3.8, 4) is 0 Å². The number of hydrogen-bond acceptors (Lipinski definition) is 3. The third kappa shape index (κ3) is 3.42. The van der Waals surface area contributed by atoms with Crippen molar-refractivity contribution in [3.63, 3.8) is 0 Å². The van der Waals surface area contributed by atoms with Crippen LogP contribution in [0.5, 0.6) is 0 Å². The SMILES string of the molecule is CNC(=O)CCNC1CCCc2sc(I)cc21. The van der Waals surface area contributed by atoms with Gasteiger partial charge >= 0.3 is 0 Å². The highest BCUT2D eigenvalue weighted by atomic mass is 127. The molecule has 0 aliphatic heterocycles. The fourth-order valence-electron chi connectivity index (χ4n) is 2.22. The molecular weight excluding hydrogens is 347 g/mol. The summed E-state index contributed by atoms with van der Waals surface area (Å²) in [7, 11) is 1.68. The van der Waals surface area contributed by atoms with Crippen LogP contribution in [0.1, 0.15) is 35.7 Å². The first kappa shape index (κ1) is 13.3. The minimum absolute atomic E-state index is 0.105. The van der Waals surface area contributed by atoms with E-state index in [0.717, 1.165) is 6.54 Å². The van der Waals surface area contributed by atoms with Crippen molar-refractivity contribution >= 4 is 39.8 Å². The van der Waals surface area contributed by atoms with Gasteiger partial charge in [0, 0.05) is 30.9 Å². The van der Waals surface area contributed by atoms with E-state index in [4.69, 9.17) is 0 Å². The van der Waals surface area contributed by atoms with Gasteiger partial charge in [0.25, 0.3) is 0 Å². The van der Waals surface area contributed by atoms with Crippen molar-refractivity contribution in [1.29, 1.82) is 0 Å². The van der Waals surface area contributed by atoms with E-state index in [1.807, 2.05) is 11.3 Å². The first-order valence-electron chi connectivity index (χ1n) is 5.92. The lowest BCUT2D eigenvalue weighted by Gasteiger charge is -2.23. The second kappa shape index (κ2) is 6.15. The van der Waals surface area contributed by atoms with E-state index >= 15 is 0 Å². The summed E-state index contributed by atoms with van der Waals surface area (Å²) >= 11 is 4.30. The fraction of sp³-hybridized carbons (Fsp3) is 0.583. The van der Waals surface area contributed by atoms with Crippen LogP contribution in [0, 0.1) is 2.88 Å². The first-order chi connectivity index (χ1) is 8.20. The highest BCUT2D eigenvalue weighted by Crippen LogP contribution is 2.36. The molecule has 1 aliphatic carbocycles. The van der Waals surface area contributed by atoms with E-state index in [1.54, 1.807) is 7.05 Å². The summed E-state index contributed by atoms with van der Waals surface area (Å²) < 4.78 is 1.37. The molecule has 3 nitrogen and oxygen atoms in total. The van der Waals surface area contributed by atoms with Gasteiger partial charge in [-0.2, -0.15) is 0 Å². The molecule has 1 aliphatic rings. The number of aryl methyl sites for hydroxylation is 1. The number of carbonyl (C=O) groups excluding carboxylic acids is 1. The van der Waals surface area contributed by atoms with E-state index in [1.165, 1.54) is 32.6 Å². The van der Waals surface area contributed by atoms with Crippen LogP contribution in [-0.2, 0) is 11.2 Å². The predicted molar refractivity (Wildman–Crippen MR) is 79.4 cm³/mol. The fourth-order valence-corrected chi connectivity index (χ4v) is 4.34. The highest BCUT2D eigenvalue weighted by molar-refractivity contribution is 14.1. The van der Waals surface area contributed by atoms with Gasteiger partial charge in [-0.3, -0.25) is 4.79 Å². The van der Waals surface area contributed by atoms with Crippen LogP contribution in [0.15, 0.2) is 6.07 Å². The van der Waals surface area contributed by atoms with Crippen LogP contribution < -0.4 is 10.6 Å². The maximum absolute atomic E-state index is 11.2. The monoisotopic (exact) mass is 364 g/mol. The van der Waals surface area contributed by atoms with E-state index in [9.17, 15) is 4.79 Å². The van der Waals surface area contributed by atoms with Gasteiger partial charge in [0.2, 0.25) is 5.91 Å². The van der Waals surface area contributed by atoms with Crippen molar-refractivity contribution in [2.24, 2.45) is 0 Å². The lowest BCUT2D eigenvalue weighted by Crippen LogP contribution is -2.29. The molecule has 5 heteroatoms. The van der Waals surface area contributed by atoms with Crippen molar-refractivity contribution in [1.82, 2.24) is 10.6 Å². The maximum Gasteiger partial charge on any atom is 0.221 e. The van der Waals surface area contributed by atoms with Gasteiger partial charge in [-0.25, -0.2) is 0 Å². The molecule has 0 radical (unpaired) electrons. The van der Waals surface area contributed by atoms with Crippen LogP contribution in [0.4, 0.5) is 0 Å². The van der Waals surface area contributed by atoms with Crippen molar-refractivity contribution in [2.75, 3.05) is 13.6 Å². The molecule has 1 unspecified atom stereocenters. The molecule has 0 saturated heterocycles. The topological polar surface area (TPSA) is 41.1 Å². The number of nitrogens with one attached hydrogen (secondary N) is 2. The molecular formula is C12H17IN2OS.